The number of hydrogen-bond donors (Lipinski definition) is 2. The van der Waals surface area contributed by atoms with Gasteiger partial charge in [0.05, 0.1) is 11.3 Å². The zero-order valence-corrected chi connectivity index (χ0v) is 13.6. The van der Waals surface area contributed by atoms with E-state index >= 15 is 0 Å². The summed E-state index contributed by atoms with van der Waals surface area (Å²) in [6.07, 6.45) is 4.57. The first-order chi connectivity index (χ1) is 9.10. The predicted molar refractivity (Wildman–Crippen MR) is 80.9 cm³/mol. The van der Waals surface area contributed by atoms with Crippen molar-refractivity contribution in [1.29, 1.82) is 0 Å². The topological polar surface area (TPSA) is 72.2 Å². The fourth-order valence-electron chi connectivity index (χ4n) is 3.53. The molecule has 1 aliphatic carbocycles. The van der Waals surface area contributed by atoms with Gasteiger partial charge >= 0.3 is 0 Å². The first kappa shape index (κ1) is 17.0. The van der Waals surface area contributed by atoms with Crippen LogP contribution in [0.2, 0.25) is 0 Å². The molecule has 0 bridgehead atoms. The normalized spacial score (nSPS) is 20.5. The van der Waals surface area contributed by atoms with Crippen molar-refractivity contribution in [2.45, 2.75) is 72.3 Å². The van der Waals surface area contributed by atoms with Gasteiger partial charge in [0.25, 0.3) is 0 Å². The Bertz CT molecular complexity index is 363. The number of primary amides is 1. The number of nitrogens with one attached hydrogen (secondary N) is 1. The molecule has 0 heterocycles. The lowest BCUT2D eigenvalue weighted by Gasteiger charge is -2.43. The van der Waals surface area contributed by atoms with Gasteiger partial charge in [-0.25, -0.2) is 0 Å². The maximum atomic E-state index is 12.7. The fourth-order valence-corrected chi connectivity index (χ4v) is 3.53. The van der Waals surface area contributed by atoms with Crippen molar-refractivity contribution in [2.75, 3.05) is 0 Å². The maximum Gasteiger partial charge on any atom is 0.224 e. The first-order valence-electron chi connectivity index (χ1n) is 7.72. The highest BCUT2D eigenvalue weighted by molar-refractivity contribution is 5.90. The molecule has 116 valence electrons. The van der Waals surface area contributed by atoms with Gasteiger partial charge in [-0.2, -0.15) is 0 Å². The molecule has 0 aromatic heterocycles. The summed E-state index contributed by atoms with van der Waals surface area (Å²) in [7, 11) is 0. The Morgan fingerprint density at radius 3 is 1.95 bits per heavy atom. The Labute approximate surface area is 122 Å². The lowest BCUT2D eigenvalue weighted by molar-refractivity contribution is -0.146. The van der Waals surface area contributed by atoms with Crippen molar-refractivity contribution >= 4 is 11.8 Å². The molecule has 20 heavy (non-hydrogen) atoms. The smallest absolute Gasteiger partial charge is 0.224 e. The summed E-state index contributed by atoms with van der Waals surface area (Å²) in [5.74, 6) is -0.573. The molecular weight excluding hydrogens is 252 g/mol. The minimum absolute atomic E-state index is 0.0341. The summed E-state index contributed by atoms with van der Waals surface area (Å²) >= 11 is 0. The SMILES string of the molecule is CC(C)[C@@H](C(=O)NC(C)(C)C)C1(C(N)=O)CCCCC1. The summed E-state index contributed by atoms with van der Waals surface area (Å²) in [6, 6.07) is 0. The number of rotatable bonds is 4. The van der Waals surface area contributed by atoms with E-state index in [9.17, 15) is 9.59 Å². The van der Waals surface area contributed by atoms with Crippen LogP contribution in [0.3, 0.4) is 0 Å². The second-order valence-corrected chi connectivity index (χ2v) is 7.54. The van der Waals surface area contributed by atoms with Crippen LogP contribution in [-0.4, -0.2) is 17.4 Å². The fraction of sp³-hybridized carbons (Fsp3) is 0.875. The molecule has 0 saturated heterocycles. The molecule has 0 aliphatic heterocycles. The monoisotopic (exact) mass is 282 g/mol. The number of hydrogen-bond acceptors (Lipinski definition) is 2. The van der Waals surface area contributed by atoms with Crippen molar-refractivity contribution in [3.05, 3.63) is 0 Å². The van der Waals surface area contributed by atoms with E-state index in [1.54, 1.807) is 0 Å². The Balaban J connectivity index is 3.09. The molecule has 1 rings (SSSR count). The number of carbonyl (C=O) groups is 2. The van der Waals surface area contributed by atoms with Crippen LogP contribution >= 0.6 is 0 Å². The van der Waals surface area contributed by atoms with Gasteiger partial charge in [-0.05, 0) is 39.5 Å². The molecule has 4 nitrogen and oxygen atoms in total. The molecule has 0 aromatic rings. The third-order valence-electron chi connectivity index (χ3n) is 4.28. The van der Waals surface area contributed by atoms with E-state index in [0.717, 1.165) is 32.1 Å². The average Bonchev–Trinajstić information content (AvgIpc) is 2.26. The largest absolute Gasteiger partial charge is 0.369 e. The quantitative estimate of drug-likeness (QED) is 0.832. The minimum atomic E-state index is -0.665. The van der Waals surface area contributed by atoms with Gasteiger partial charge in [0, 0.05) is 5.54 Å². The van der Waals surface area contributed by atoms with Crippen molar-refractivity contribution < 1.29 is 9.59 Å². The highest BCUT2D eigenvalue weighted by Gasteiger charge is 2.49. The van der Waals surface area contributed by atoms with E-state index in [-0.39, 0.29) is 29.2 Å². The van der Waals surface area contributed by atoms with E-state index < -0.39 is 5.41 Å². The van der Waals surface area contributed by atoms with Gasteiger partial charge in [-0.1, -0.05) is 33.1 Å². The second-order valence-electron chi connectivity index (χ2n) is 7.54. The zero-order valence-electron chi connectivity index (χ0n) is 13.6. The number of amides is 2. The highest BCUT2D eigenvalue weighted by atomic mass is 16.2. The maximum absolute atomic E-state index is 12.7. The van der Waals surface area contributed by atoms with Crippen LogP contribution in [-0.2, 0) is 9.59 Å². The van der Waals surface area contributed by atoms with E-state index in [1.165, 1.54) is 0 Å². The predicted octanol–water partition coefficient (Wildman–Crippen LogP) is 2.61. The molecule has 3 N–H and O–H groups in total. The standard InChI is InChI=1S/C16H30N2O2/c1-11(2)12(13(19)18-15(3,4)5)16(14(17)20)9-7-6-8-10-16/h11-12H,6-10H2,1-5H3,(H2,17,20)(H,18,19)/t12-/m0/s1. The van der Waals surface area contributed by atoms with E-state index in [0.29, 0.717) is 0 Å². The van der Waals surface area contributed by atoms with Crippen molar-refractivity contribution in [2.24, 2.45) is 23.0 Å². The summed E-state index contributed by atoms with van der Waals surface area (Å²) in [5, 5.41) is 3.03. The molecule has 1 aliphatic rings. The van der Waals surface area contributed by atoms with Crippen molar-refractivity contribution in [1.82, 2.24) is 5.32 Å². The van der Waals surface area contributed by atoms with Gasteiger partial charge in [0.1, 0.15) is 0 Å². The number of nitrogens with two attached hydrogens (primary N) is 1. The molecule has 1 atom stereocenters. The lowest BCUT2D eigenvalue weighted by atomic mass is 9.61. The summed E-state index contributed by atoms with van der Waals surface area (Å²) in [6.45, 7) is 9.89. The molecule has 0 spiro atoms. The molecule has 0 radical (unpaired) electrons. The first-order valence-corrected chi connectivity index (χ1v) is 7.72. The molecule has 1 saturated carbocycles. The molecular formula is C16H30N2O2. The van der Waals surface area contributed by atoms with Gasteiger partial charge in [-0.15, -0.1) is 0 Å². The third-order valence-corrected chi connectivity index (χ3v) is 4.28. The molecule has 2 amide bonds. The zero-order chi connectivity index (χ0) is 15.6. The Morgan fingerprint density at radius 2 is 1.60 bits per heavy atom. The van der Waals surface area contributed by atoms with Gasteiger partial charge in [0.2, 0.25) is 11.8 Å². The van der Waals surface area contributed by atoms with Gasteiger partial charge < -0.3 is 11.1 Å². The second kappa shape index (κ2) is 6.15. The van der Waals surface area contributed by atoms with Crippen LogP contribution < -0.4 is 11.1 Å². The third kappa shape index (κ3) is 3.74. The van der Waals surface area contributed by atoms with Crippen LogP contribution in [0.1, 0.15) is 66.7 Å². The Morgan fingerprint density at radius 1 is 1.10 bits per heavy atom. The lowest BCUT2D eigenvalue weighted by Crippen LogP contribution is -2.55. The van der Waals surface area contributed by atoms with Crippen LogP contribution in [0.15, 0.2) is 0 Å². The molecule has 0 unspecified atom stereocenters. The van der Waals surface area contributed by atoms with Crippen LogP contribution in [0.4, 0.5) is 0 Å². The Hall–Kier alpha value is -1.06. The Kier molecular flexibility index (Phi) is 5.22. The molecule has 1 fully saturated rings. The summed E-state index contributed by atoms with van der Waals surface area (Å²) in [4.78, 5) is 24.8. The average molecular weight is 282 g/mol. The highest BCUT2D eigenvalue weighted by Crippen LogP contribution is 2.45. The van der Waals surface area contributed by atoms with Crippen LogP contribution in [0, 0.1) is 17.3 Å². The molecule has 0 aromatic carbocycles. The summed E-state index contributed by atoms with van der Waals surface area (Å²) in [5.41, 5.74) is 4.76. The van der Waals surface area contributed by atoms with Crippen LogP contribution in [0.5, 0.6) is 0 Å². The van der Waals surface area contributed by atoms with E-state index in [1.807, 2.05) is 34.6 Å². The van der Waals surface area contributed by atoms with Crippen molar-refractivity contribution in [3.63, 3.8) is 0 Å². The van der Waals surface area contributed by atoms with Crippen molar-refractivity contribution in [3.8, 4) is 0 Å². The van der Waals surface area contributed by atoms with Gasteiger partial charge in [-0.3, -0.25) is 9.59 Å². The van der Waals surface area contributed by atoms with E-state index in [4.69, 9.17) is 5.73 Å². The number of carbonyl (C=O) groups excluding carboxylic acids is 2. The molecule has 4 heteroatoms. The minimum Gasteiger partial charge on any atom is -0.369 e. The van der Waals surface area contributed by atoms with Gasteiger partial charge in [0.15, 0.2) is 0 Å². The van der Waals surface area contributed by atoms with E-state index in [2.05, 4.69) is 5.32 Å². The summed E-state index contributed by atoms with van der Waals surface area (Å²) < 4.78 is 0. The van der Waals surface area contributed by atoms with Crippen LogP contribution in [0.25, 0.3) is 0 Å².